The number of hydrogen-bond acceptors (Lipinski definition) is 5. The summed E-state index contributed by atoms with van der Waals surface area (Å²) in [4.78, 5) is 10.7. The second kappa shape index (κ2) is 6.14. The molecule has 0 bridgehead atoms. The fourth-order valence-electron chi connectivity index (χ4n) is 0.455. The lowest BCUT2D eigenvalue weighted by Crippen LogP contribution is -2.15. The molecule has 0 radical (unpaired) electrons. The van der Waals surface area contributed by atoms with Gasteiger partial charge in [0.2, 0.25) is 5.92 Å². The van der Waals surface area contributed by atoms with Crippen molar-refractivity contribution in [2.45, 2.75) is 6.42 Å². The highest BCUT2D eigenvalue weighted by Crippen LogP contribution is 1.96. The minimum absolute atomic E-state index is 0.0369. The van der Waals surface area contributed by atoms with Gasteiger partial charge in [0.05, 0.1) is 18.7 Å². The molecule has 0 unspecified atom stereocenters. The van der Waals surface area contributed by atoms with Crippen molar-refractivity contribution in [3.05, 3.63) is 0 Å². The Bertz CT molecular complexity index is 212. The van der Waals surface area contributed by atoms with Gasteiger partial charge in [0.15, 0.2) is 0 Å². The first kappa shape index (κ1) is 10.4. The van der Waals surface area contributed by atoms with E-state index in [0.29, 0.717) is 6.42 Å². The molecule has 64 valence electrons. The fourth-order valence-corrected chi connectivity index (χ4v) is 0.455. The molecule has 5 heteroatoms. The number of esters is 1. The molecule has 0 rings (SSSR count). The number of ether oxygens (including phenoxy) is 1. The van der Waals surface area contributed by atoms with Crippen LogP contribution >= 0.6 is 0 Å². The Balaban J connectivity index is 3.74. The first-order chi connectivity index (χ1) is 5.76. The molecule has 0 aliphatic carbocycles. The highest BCUT2D eigenvalue weighted by Gasteiger charge is 2.17. The van der Waals surface area contributed by atoms with E-state index in [4.69, 9.17) is 15.6 Å². The SMILES string of the molecule is N#CC(C#N)C(=O)OCCCO. The largest absolute Gasteiger partial charge is 0.464 e. The maximum absolute atomic E-state index is 10.7. The minimum atomic E-state index is -1.36. The molecule has 5 nitrogen and oxygen atoms in total. The molecule has 0 amide bonds. The Morgan fingerprint density at radius 2 is 2.08 bits per heavy atom. The lowest BCUT2D eigenvalue weighted by Gasteiger charge is -2.01. The number of rotatable bonds is 4. The van der Waals surface area contributed by atoms with Crippen LogP contribution in [0.5, 0.6) is 0 Å². The Morgan fingerprint density at radius 1 is 1.50 bits per heavy atom. The molecule has 0 saturated carbocycles. The minimum Gasteiger partial charge on any atom is -0.464 e. The smallest absolute Gasteiger partial charge is 0.338 e. The van der Waals surface area contributed by atoms with Crippen molar-refractivity contribution in [3.63, 3.8) is 0 Å². The average Bonchev–Trinajstić information content (AvgIpc) is 2.07. The van der Waals surface area contributed by atoms with Crippen LogP contribution in [0.2, 0.25) is 0 Å². The predicted octanol–water partition coefficient (Wildman–Crippen LogP) is -0.425. The molecule has 0 atom stereocenters. The Labute approximate surface area is 69.8 Å². The molecule has 0 aromatic rings. The van der Waals surface area contributed by atoms with Gasteiger partial charge in [0, 0.05) is 13.0 Å². The Kier molecular flexibility index (Phi) is 5.33. The van der Waals surface area contributed by atoms with E-state index in [-0.39, 0.29) is 13.2 Å². The molecule has 1 N–H and O–H groups in total. The second-order valence-electron chi connectivity index (χ2n) is 1.94. The number of nitriles is 2. The maximum Gasteiger partial charge on any atom is 0.338 e. The zero-order chi connectivity index (χ0) is 9.40. The summed E-state index contributed by atoms with van der Waals surface area (Å²) in [6, 6.07) is 2.96. The van der Waals surface area contributed by atoms with Crippen LogP contribution in [0, 0.1) is 28.6 Å². The highest BCUT2D eigenvalue weighted by atomic mass is 16.5. The van der Waals surface area contributed by atoms with Crippen LogP contribution in [-0.2, 0) is 9.53 Å². The summed E-state index contributed by atoms with van der Waals surface area (Å²) in [5.41, 5.74) is 0. The normalized spacial score (nSPS) is 8.67. The van der Waals surface area contributed by atoms with Gasteiger partial charge in [-0.15, -0.1) is 0 Å². The monoisotopic (exact) mass is 168 g/mol. The van der Waals surface area contributed by atoms with Gasteiger partial charge >= 0.3 is 5.97 Å². The van der Waals surface area contributed by atoms with Gasteiger partial charge in [-0.05, 0) is 0 Å². The van der Waals surface area contributed by atoms with Crippen molar-refractivity contribution < 1.29 is 14.6 Å². The summed E-state index contributed by atoms with van der Waals surface area (Å²) in [7, 11) is 0. The second-order valence-corrected chi connectivity index (χ2v) is 1.94. The van der Waals surface area contributed by atoms with E-state index >= 15 is 0 Å². The molecule has 0 aliphatic rings. The zero-order valence-electron chi connectivity index (χ0n) is 6.36. The van der Waals surface area contributed by atoms with Gasteiger partial charge in [-0.3, -0.25) is 0 Å². The molecule has 0 aliphatic heterocycles. The number of nitrogens with zero attached hydrogens (tertiary/aromatic N) is 2. The van der Waals surface area contributed by atoms with Crippen molar-refractivity contribution in [1.29, 1.82) is 10.5 Å². The van der Waals surface area contributed by atoms with E-state index in [1.807, 2.05) is 0 Å². The number of carbonyl (C=O) groups excluding carboxylic acids is 1. The Morgan fingerprint density at radius 3 is 2.50 bits per heavy atom. The summed E-state index contributed by atoms with van der Waals surface area (Å²) in [5.74, 6) is -2.21. The first-order valence-corrected chi connectivity index (χ1v) is 3.33. The van der Waals surface area contributed by atoms with Gasteiger partial charge in [-0.25, -0.2) is 4.79 Å². The molecule has 0 fully saturated rings. The van der Waals surface area contributed by atoms with Gasteiger partial charge in [-0.2, -0.15) is 10.5 Å². The van der Waals surface area contributed by atoms with E-state index in [9.17, 15) is 4.79 Å². The van der Waals surface area contributed by atoms with E-state index < -0.39 is 11.9 Å². The molecule has 0 aromatic carbocycles. The lowest BCUT2D eigenvalue weighted by molar-refractivity contribution is -0.145. The molecule has 0 saturated heterocycles. The summed E-state index contributed by atoms with van der Waals surface area (Å²) in [6.07, 6.45) is 0.315. The van der Waals surface area contributed by atoms with Crippen LogP contribution in [0.4, 0.5) is 0 Å². The third-order valence-electron chi connectivity index (χ3n) is 1.04. The third kappa shape index (κ3) is 3.55. The first-order valence-electron chi connectivity index (χ1n) is 3.33. The van der Waals surface area contributed by atoms with Crippen LogP contribution in [0.3, 0.4) is 0 Å². The fraction of sp³-hybridized carbons (Fsp3) is 0.571. The quantitative estimate of drug-likeness (QED) is 0.454. The van der Waals surface area contributed by atoms with Crippen molar-refractivity contribution in [2.24, 2.45) is 5.92 Å². The van der Waals surface area contributed by atoms with Crippen molar-refractivity contribution in [3.8, 4) is 12.1 Å². The van der Waals surface area contributed by atoms with Gasteiger partial charge in [0.25, 0.3) is 0 Å². The molecular formula is C7H8N2O3. The molecule has 0 heterocycles. The predicted molar refractivity (Wildman–Crippen MR) is 37.4 cm³/mol. The third-order valence-corrected chi connectivity index (χ3v) is 1.04. The van der Waals surface area contributed by atoms with Crippen LogP contribution < -0.4 is 0 Å². The van der Waals surface area contributed by atoms with Crippen LogP contribution in [-0.4, -0.2) is 24.3 Å². The van der Waals surface area contributed by atoms with Crippen molar-refractivity contribution in [1.82, 2.24) is 0 Å². The van der Waals surface area contributed by atoms with E-state index in [2.05, 4.69) is 4.74 Å². The number of aliphatic hydroxyl groups excluding tert-OH is 1. The summed E-state index contributed by atoms with van der Waals surface area (Å²) in [6.45, 7) is -0.0494. The maximum atomic E-state index is 10.7. The topological polar surface area (TPSA) is 94.1 Å². The highest BCUT2D eigenvalue weighted by molar-refractivity contribution is 5.78. The van der Waals surface area contributed by atoms with Crippen molar-refractivity contribution in [2.75, 3.05) is 13.2 Å². The van der Waals surface area contributed by atoms with Crippen molar-refractivity contribution >= 4 is 5.97 Å². The summed E-state index contributed by atoms with van der Waals surface area (Å²) < 4.78 is 4.48. The summed E-state index contributed by atoms with van der Waals surface area (Å²) >= 11 is 0. The lowest BCUT2D eigenvalue weighted by atomic mass is 10.2. The van der Waals surface area contributed by atoms with E-state index in [0.717, 1.165) is 0 Å². The molecule has 0 aromatic heterocycles. The van der Waals surface area contributed by atoms with Crippen LogP contribution in [0.25, 0.3) is 0 Å². The number of carbonyl (C=O) groups is 1. The zero-order valence-corrected chi connectivity index (χ0v) is 6.36. The number of hydrogen-bond donors (Lipinski definition) is 1. The average molecular weight is 168 g/mol. The number of aliphatic hydroxyl groups is 1. The van der Waals surface area contributed by atoms with E-state index in [1.54, 1.807) is 0 Å². The molecular weight excluding hydrogens is 160 g/mol. The standard InChI is InChI=1S/C7H8N2O3/c8-4-6(5-9)7(11)12-3-1-2-10/h6,10H,1-3H2. The van der Waals surface area contributed by atoms with Gasteiger partial charge in [0.1, 0.15) is 0 Å². The van der Waals surface area contributed by atoms with Crippen LogP contribution in [0.15, 0.2) is 0 Å². The van der Waals surface area contributed by atoms with Crippen LogP contribution in [0.1, 0.15) is 6.42 Å². The van der Waals surface area contributed by atoms with Gasteiger partial charge in [-0.1, -0.05) is 0 Å². The summed E-state index contributed by atoms with van der Waals surface area (Å²) in [5, 5.41) is 24.8. The van der Waals surface area contributed by atoms with Gasteiger partial charge < -0.3 is 9.84 Å². The van der Waals surface area contributed by atoms with E-state index in [1.165, 1.54) is 12.1 Å². The Hall–Kier alpha value is -1.59. The molecule has 12 heavy (non-hydrogen) atoms. The molecule has 0 spiro atoms.